The Morgan fingerprint density at radius 1 is 0.833 bits per heavy atom. The number of hydrogen-bond acceptors (Lipinski definition) is 4. The lowest BCUT2D eigenvalue weighted by Crippen LogP contribution is -2.51. The number of rotatable bonds is 3. The van der Waals surface area contributed by atoms with Crippen molar-refractivity contribution >= 4 is 0 Å². The van der Waals surface area contributed by atoms with Gasteiger partial charge in [-0.3, -0.25) is 9.80 Å². The summed E-state index contributed by atoms with van der Waals surface area (Å²) in [5.74, 6) is 1.46. The minimum absolute atomic E-state index is 0.491. The molecule has 1 aliphatic heterocycles. The van der Waals surface area contributed by atoms with E-state index in [0.717, 1.165) is 25.7 Å². The molecule has 0 atom stereocenters. The van der Waals surface area contributed by atoms with Crippen molar-refractivity contribution in [2.75, 3.05) is 32.8 Å². The van der Waals surface area contributed by atoms with E-state index in [1.165, 1.54) is 32.1 Å². The van der Waals surface area contributed by atoms with Gasteiger partial charge in [-0.25, -0.2) is 0 Å². The molecule has 0 amide bonds. The molecule has 0 unspecified atom stereocenters. The van der Waals surface area contributed by atoms with E-state index >= 15 is 0 Å². The third-order valence-corrected chi connectivity index (χ3v) is 4.29. The quantitative estimate of drug-likeness (QED) is 0.713. The van der Waals surface area contributed by atoms with E-state index in [9.17, 15) is 0 Å². The molecule has 0 spiro atoms. The summed E-state index contributed by atoms with van der Waals surface area (Å²) >= 11 is 0. The minimum Gasteiger partial charge on any atom is -0.277 e. The summed E-state index contributed by atoms with van der Waals surface area (Å²) in [6, 6.07) is 4.48. The SMILES string of the molecule is N#CCN1CC(C2CCCCC2)CN(CC#N)C1. The zero-order valence-corrected chi connectivity index (χ0v) is 11.0. The Morgan fingerprint density at radius 3 is 1.89 bits per heavy atom. The number of nitrogens with zero attached hydrogens (tertiary/aromatic N) is 4. The summed E-state index contributed by atoms with van der Waals surface area (Å²) in [5, 5.41) is 17.7. The maximum absolute atomic E-state index is 8.86. The van der Waals surface area contributed by atoms with Crippen LogP contribution in [0.4, 0.5) is 0 Å². The van der Waals surface area contributed by atoms with Crippen LogP contribution in [0.25, 0.3) is 0 Å². The van der Waals surface area contributed by atoms with Gasteiger partial charge >= 0.3 is 0 Å². The molecule has 0 aromatic rings. The Kier molecular flexibility index (Phi) is 4.99. The average Bonchev–Trinajstić information content (AvgIpc) is 2.40. The van der Waals surface area contributed by atoms with Crippen molar-refractivity contribution in [3.05, 3.63) is 0 Å². The van der Waals surface area contributed by atoms with Crippen molar-refractivity contribution in [1.29, 1.82) is 10.5 Å². The molecule has 4 heteroatoms. The highest BCUT2D eigenvalue weighted by Gasteiger charge is 2.31. The van der Waals surface area contributed by atoms with Crippen LogP contribution in [-0.4, -0.2) is 42.6 Å². The van der Waals surface area contributed by atoms with Crippen LogP contribution in [0.15, 0.2) is 0 Å². The van der Waals surface area contributed by atoms with Gasteiger partial charge < -0.3 is 0 Å². The molecule has 4 nitrogen and oxygen atoms in total. The highest BCUT2D eigenvalue weighted by Crippen LogP contribution is 2.32. The predicted octanol–water partition coefficient (Wildman–Crippen LogP) is 1.81. The van der Waals surface area contributed by atoms with Crippen LogP contribution in [0.5, 0.6) is 0 Å². The highest BCUT2D eigenvalue weighted by molar-refractivity contribution is 4.89. The molecule has 1 aliphatic carbocycles. The second kappa shape index (κ2) is 6.73. The van der Waals surface area contributed by atoms with Crippen molar-refractivity contribution in [3.63, 3.8) is 0 Å². The Morgan fingerprint density at radius 2 is 1.39 bits per heavy atom. The largest absolute Gasteiger partial charge is 0.277 e. The smallest absolute Gasteiger partial charge is 0.0876 e. The van der Waals surface area contributed by atoms with Gasteiger partial charge in [-0.2, -0.15) is 10.5 Å². The van der Waals surface area contributed by atoms with E-state index in [1.807, 2.05) is 0 Å². The topological polar surface area (TPSA) is 54.1 Å². The molecule has 2 aliphatic rings. The van der Waals surface area contributed by atoms with Gasteiger partial charge in [0, 0.05) is 13.1 Å². The van der Waals surface area contributed by atoms with Crippen molar-refractivity contribution in [3.8, 4) is 12.1 Å². The molecule has 0 N–H and O–H groups in total. The lowest BCUT2D eigenvalue weighted by molar-refractivity contribution is 0.0335. The molecular weight excluding hydrogens is 224 g/mol. The van der Waals surface area contributed by atoms with Gasteiger partial charge in [-0.1, -0.05) is 32.1 Å². The summed E-state index contributed by atoms with van der Waals surface area (Å²) < 4.78 is 0. The second-order valence-corrected chi connectivity index (χ2v) is 5.64. The van der Waals surface area contributed by atoms with Crippen molar-refractivity contribution in [1.82, 2.24) is 9.80 Å². The third-order valence-electron chi connectivity index (χ3n) is 4.29. The lowest BCUT2D eigenvalue weighted by atomic mass is 9.79. The van der Waals surface area contributed by atoms with Gasteiger partial charge in [-0.05, 0) is 11.8 Å². The summed E-state index contributed by atoms with van der Waals surface area (Å²) in [6.45, 7) is 3.85. The van der Waals surface area contributed by atoms with E-state index in [1.54, 1.807) is 0 Å². The molecule has 1 saturated carbocycles. The Labute approximate surface area is 110 Å². The fraction of sp³-hybridized carbons (Fsp3) is 0.857. The van der Waals surface area contributed by atoms with Crippen molar-refractivity contribution in [2.45, 2.75) is 32.1 Å². The first kappa shape index (κ1) is 13.3. The molecular formula is C14H22N4. The highest BCUT2D eigenvalue weighted by atomic mass is 15.3. The summed E-state index contributed by atoms with van der Waals surface area (Å²) in [7, 11) is 0. The van der Waals surface area contributed by atoms with E-state index in [2.05, 4.69) is 21.9 Å². The first-order chi connectivity index (χ1) is 8.83. The van der Waals surface area contributed by atoms with Gasteiger partial charge in [0.1, 0.15) is 0 Å². The van der Waals surface area contributed by atoms with Crippen LogP contribution >= 0.6 is 0 Å². The van der Waals surface area contributed by atoms with E-state index in [-0.39, 0.29) is 0 Å². The maximum atomic E-state index is 8.86. The molecule has 2 rings (SSSR count). The first-order valence-corrected chi connectivity index (χ1v) is 7.02. The first-order valence-electron chi connectivity index (χ1n) is 7.02. The second-order valence-electron chi connectivity index (χ2n) is 5.64. The fourth-order valence-electron chi connectivity index (χ4n) is 3.45. The molecule has 1 saturated heterocycles. The number of hydrogen-bond donors (Lipinski definition) is 0. The van der Waals surface area contributed by atoms with Crippen LogP contribution in [0.3, 0.4) is 0 Å². The fourth-order valence-corrected chi connectivity index (χ4v) is 3.45. The van der Waals surface area contributed by atoms with Gasteiger partial charge in [-0.15, -0.1) is 0 Å². The van der Waals surface area contributed by atoms with E-state index < -0.39 is 0 Å². The molecule has 0 radical (unpaired) electrons. The Balaban J connectivity index is 1.95. The Hall–Kier alpha value is -1.10. The molecule has 0 aromatic carbocycles. The molecule has 18 heavy (non-hydrogen) atoms. The molecule has 1 heterocycles. The normalized spacial score (nSPS) is 24.6. The molecule has 0 aromatic heterocycles. The van der Waals surface area contributed by atoms with Gasteiger partial charge in [0.2, 0.25) is 0 Å². The van der Waals surface area contributed by atoms with Crippen molar-refractivity contribution < 1.29 is 0 Å². The van der Waals surface area contributed by atoms with Crippen LogP contribution in [-0.2, 0) is 0 Å². The maximum Gasteiger partial charge on any atom is 0.0876 e. The lowest BCUT2D eigenvalue weighted by Gasteiger charge is -2.42. The summed E-state index contributed by atoms with van der Waals surface area (Å²) in [5.41, 5.74) is 0. The summed E-state index contributed by atoms with van der Waals surface area (Å²) in [4.78, 5) is 4.39. The van der Waals surface area contributed by atoms with Crippen LogP contribution < -0.4 is 0 Å². The van der Waals surface area contributed by atoms with Crippen LogP contribution in [0.1, 0.15) is 32.1 Å². The average molecular weight is 246 g/mol. The van der Waals surface area contributed by atoms with Crippen LogP contribution in [0.2, 0.25) is 0 Å². The molecule has 98 valence electrons. The standard InChI is InChI=1S/C14H22N4/c15-6-8-17-10-14(11-18(12-17)9-7-16)13-4-2-1-3-5-13/h13-14H,1-5,8-12H2. The van der Waals surface area contributed by atoms with Crippen molar-refractivity contribution in [2.24, 2.45) is 11.8 Å². The number of nitriles is 2. The molecule has 0 bridgehead atoms. The Bertz CT molecular complexity index is 311. The zero-order valence-electron chi connectivity index (χ0n) is 11.0. The van der Waals surface area contributed by atoms with Gasteiger partial charge in [0.15, 0.2) is 0 Å². The monoisotopic (exact) mass is 246 g/mol. The zero-order chi connectivity index (χ0) is 12.8. The third kappa shape index (κ3) is 3.45. The minimum atomic E-state index is 0.491. The molecule has 2 fully saturated rings. The van der Waals surface area contributed by atoms with Gasteiger partial charge in [0.05, 0.1) is 31.9 Å². The predicted molar refractivity (Wildman–Crippen MR) is 69.3 cm³/mol. The van der Waals surface area contributed by atoms with Gasteiger partial charge in [0.25, 0.3) is 0 Å². The van der Waals surface area contributed by atoms with Crippen LogP contribution in [0, 0.1) is 34.5 Å². The summed E-state index contributed by atoms with van der Waals surface area (Å²) in [6.07, 6.45) is 6.78. The van der Waals surface area contributed by atoms with E-state index in [4.69, 9.17) is 10.5 Å². The van der Waals surface area contributed by atoms with E-state index in [0.29, 0.717) is 19.0 Å².